The van der Waals surface area contributed by atoms with Crippen LogP contribution in [0.4, 0.5) is 0 Å². The van der Waals surface area contributed by atoms with E-state index in [-0.39, 0.29) is 5.56 Å². The number of fused-ring (bicyclic) bond motifs is 1. The third kappa shape index (κ3) is 3.72. The number of pyridine rings is 1. The van der Waals surface area contributed by atoms with Crippen LogP contribution in [-0.2, 0) is 6.54 Å². The molecule has 0 radical (unpaired) electrons. The topological polar surface area (TPSA) is 65.1 Å². The van der Waals surface area contributed by atoms with Crippen LogP contribution in [0.15, 0.2) is 53.3 Å². The zero-order valence-corrected chi connectivity index (χ0v) is 14.0. The van der Waals surface area contributed by atoms with Crippen molar-refractivity contribution in [1.82, 2.24) is 10.3 Å². The van der Waals surface area contributed by atoms with Gasteiger partial charge in [-0.1, -0.05) is 47.5 Å². The normalized spacial score (nSPS) is 12.5. The van der Waals surface area contributed by atoms with Crippen LogP contribution >= 0.6 is 0 Å². The minimum atomic E-state index is -0.594. The predicted octanol–water partition coefficient (Wildman–Crippen LogP) is 2.97. The van der Waals surface area contributed by atoms with Crippen molar-refractivity contribution in [1.29, 1.82) is 0 Å². The molecule has 3 aromatic rings. The lowest BCUT2D eigenvalue weighted by Crippen LogP contribution is -2.25. The minimum Gasteiger partial charge on any atom is -0.387 e. The molecule has 1 atom stereocenters. The molecule has 124 valence electrons. The molecular formula is C20H22N2O2. The fourth-order valence-electron chi connectivity index (χ4n) is 2.99. The Hall–Kier alpha value is -2.43. The van der Waals surface area contributed by atoms with Gasteiger partial charge in [0.15, 0.2) is 0 Å². The summed E-state index contributed by atoms with van der Waals surface area (Å²) in [5.74, 6) is 0. The van der Waals surface area contributed by atoms with E-state index in [1.807, 2.05) is 56.3 Å². The molecule has 0 bridgehead atoms. The molecule has 0 saturated heterocycles. The van der Waals surface area contributed by atoms with Crippen molar-refractivity contribution in [2.24, 2.45) is 0 Å². The van der Waals surface area contributed by atoms with E-state index in [4.69, 9.17) is 0 Å². The van der Waals surface area contributed by atoms with Gasteiger partial charge in [-0.3, -0.25) is 4.79 Å². The number of aromatic amines is 1. The van der Waals surface area contributed by atoms with Gasteiger partial charge in [-0.15, -0.1) is 0 Å². The van der Waals surface area contributed by atoms with Crippen LogP contribution < -0.4 is 10.9 Å². The number of hydrogen-bond acceptors (Lipinski definition) is 3. The molecule has 0 spiro atoms. The molecule has 3 rings (SSSR count). The summed E-state index contributed by atoms with van der Waals surface area (Å²) in [6.45, 7) is 4.85. The van der Waals surface area contributed by atoms with Crippen LogP contribution in [0.5, 0.6) is 0 Å². The second kappa shape index (κ2) is 6.99. The summed E-state index contributed by atoms with van der Waals surface area (Å²) in [7, 11) is 0. The van der Waals surface area contributed by atoms with Gasteiger partial charge < -0.3 is 15.4 Å². The first-order valence-corrected chi connectivity index (χ1v) is 8.11. The summed E-state index contributed by atoms with van der Waals surface area (Å²) in [5, 5.41) is 14.5. The first kappa shape index (κ1) is 16.4. The zero-order valence-electron chi connectivity index (χ0n) is 14.0. The van der Waals surface area contributed by atoms with Crippen molar-refractivity contribution in [3.8, 4) is 0 Å². The van der Waals surface area contributed by atoms with Crippen molar-refractivity contribution in [2.75, 3.05) is 6.54 Å². The first-order chi connectivity index (χ1) is 11.5. The summed E-state index contributed by atoms with van der Waals surface area (Å²) in [4.78, 5) is 15.0. The fraction of sp³-hybridized carbons (Fsp3) is 0.250. The standard InChI is InChI=1S/C20H22N2O2/c1-13-7-14(2)9-16(8-13)19(23)12-21-11-17-10-15-5-3-4-6-18(15)22-20(17)24/h3-10,19,21,23H,11-12H2,1-2H3,(H,22,24). The summed E-state index contributed by atoms with van der Waals surface area (Å²) >= 11 is 0. The van der Waals surface area contributed by atoms with Gasteiger partial charge in [0.05, 0.1) is 6.10 Å². The molecule has 1 aromatic heterocycles. The van der Waals surface area contributed by atoms with Crippen LogP contribution in [0, 0.1) is 13.8 Å². The lowest BCUT2D eigenvalue weighted by atomic mass is 10.0. The number of aliphatic hydroxyl groups is 1. The van der Waals surface area contributed by atoms with Gasteiger partial charge in [-0.2, -0.15) is 0 Å². The SMILES string of the molecule is Cc1cc(C)cc(C(O)CNCc2cc3ccccc3[nH]c2=O)c1. The molecule has 3 N–H and O–H groups in total. The van der Waals surface area contributed by atoms with Crippen LogP contribution in [-0.4, -0.2) is 16.6 Å². The summed E-state index contributed by atoms with van der Waals surface area (Å²) in [6.07, 6.45) is -0.594. The molecular weight excluding hydrogens is 300 g/mol. The van der Waals surface area contributed by atoms with E-state index >= 15 is 0 Å². The van der Waals surface area contributed by atoms with Crippen LogP contribution in [0.2, 0.25) is 0 Å². The van der Waals surface area contributed by atoms with Crippen LogP contribution in [0.1, 0.15) is 28.4 Å². The molecule has 1 unspecified atom stereocenters. The van der Waals surface area contributed by atoms with Gasteiger partial charge in [0, 0.05) is 24.2 Å². The Bertz CT molecular complexity index is 895. The van der Waals surface area contributed by atoms with Crippen molar-refractivity contribution >= 4 is 10.9 Å². The smallest absolute Gasteiger partial charge is 0.252 e. The Morgan fingerprint density at radius 2 is 1.79 bits per heavy atom. The molecule has 0 fully saturated rings. The van der Waals surface area contributed by atoms with Crippen LogP contribution in [0.3, 0.4) is 0 Å². The Balaban J connectivity index is 1.68. The second-order valence-electron chi connectivity index (χ2n) is 6.28. The van der Waals surface area contributed by atoms with Gasteiger partial charge in [0.25, 0.3) is 5.56 Å². The van der Waals surface area contributed by atoms with Crippen molar-refractivity contribution in [2.45, 2.75) is 26.5 Å². The van der Waals surface area contributed by atoms with Gasteiger partial charge in [-0.05, 0) is 36.9 Å². The highest BCUT2D eigenvalue weighted by Gasteiger charge is 2.09. The predicted molar refractivity (Wildman–Crippen MR) is 97.2 cm³/mol. The molecule has 24 heavy (non-hydrogen) atoms. The van der Waals surface area contributed by atoms with Crippen molar-refractivity contribution < 1.29 is 5.11 Å². The number of benzene rings is 2. The third-order valence-electron chi connectivity index (χ3n) is 4.11. The van der Waals surface area contributed by atoms with E-state index in [2.05, 4.69) is 16.4 Å². The quantitative estimate of drug-likeness (QED) is 0.676. The highest BCUT2D eigenvalue weighted by Crippen LogP contribution is 2.16. The molecule has 4 nitrogen and oxygen atoms in total. The Labute approximate surface area is 141 Å². The molecule has 1 heterocycles. The summed E-state index contributed by atoms with van der Waals surface area (Å²) < 4.78 is 0. The van der Waals surface area contributed by atoms with Crippen molar-refractivity contribution in [3.63, 3.8) is 0 Å². The molecule has 0 aliphatic carbocycles. The lowest BCUT2D eigenvalue weighted by molar-refractivity contribution is 0.174. The zero-order chi connectivity index (χ0) is 17.1. The van der Waals surface area contributed by atoms with Gasteiger partial charge in [0.2, 0.25) is 0 Å². The highest BCUT2D eigenvalue weighted by atomic mass is 16.3. The molecule has 2 aromatic carbocycles. The number of aromatic nitrogens is 1. The maximum absolute atomic E-state index is 12.1. The van der Waals surface area contributed by atoms with E-state index in [1.54, 1.807) is 0 Å². The van der Waals surface area contributed by atoms with E-state index in [0.717, 1.165) is 27.6 Å². The largest absolute Gasteiger partial charge is 0.387 e. The average molecular weight is 322 g/mol. The van der Waals surface area contributed by atoms with E-state index in [1.165, 1.54) is 0 Å². The fourth-order valence-corrected chi connectivity index (χ4v) is 2.99. The van der Waals surface area contributed by atoms with E-state index in [0.29, 0.717) is 18.7 Å². The van der Waals surface area contributed by atoms with Gasteiger partial charge >= 0.3 is 0 Å². The number of hydrogen-bond donors (Lipinski definition) is 3. The van der Waals surface area contributed by atoms with E-state index < -0.39 is 6.10 Å². The summed E-state index contributed by atoms with van der Waals surface area (Å²) in [6, 6.07) is 15.7. The molecule has 0 aliphatic heterocycles. The number of H-pyrrole nitrogens is 1. The molecule has 0 aliphatic rings. The number of nitrogens with one attached hydrogen (secondary N) is 2. The number of para-hydroxylation sites is 1. The molecule has 0 saturated carbocycles. The number of aliphatic hydroxyl groups excluding tert-OH is 1. The molecule has 4 heteroatoms. The lowest BCUT2D eigenvalue weighted by Gasteiger charge is -2.14. The average Bonchev–Trinajstić information content (AvgIpc) is 2.54. The van der Waals surface area contributed by atoms with Gasteiger partial charge in [-0.25, -0.2) is 0 Å². The minimum absolute atomic E-state index is 0.0953. The maximum atomic E-state index is 12.1. The monoisotopic (exact) mass is 322 g/mol. The highest BCUT2D eigenvalue weighted by molar-refractivity contribution is 5.78. The van der Waals surface area contributed by atoms with Crippen LogP contribution in [0.25, 0.3) is 10.9 Å². The Morgan fingerprint density at radius 3 is 2.54 bits per heavy atom. The van der Waals surface area contributed by atoms with Gasteiger partial charge in [0.1, 0.15) is 0 Å². The number of aryl methyl sites for hydroxylation is 2. The van der Waals surface area contributed by atoms with E-state index in [9.17, 15) is 9.90 Å². The summed E-state index contributed by atoms with van der Waals surface area (Å²) in [5.41, 5.74) is 4.57. The Morgan fingerprint density at radius 1 is 1.08 bits per heavy atom. The van der Waals surface area contributed by atoms with Crippen molar-refractivity contribution in [3.05, 3.63) is 81.1 Å². The Kier molecular flexibility index (Phi) is 4.79. The number of rotatable bonds is 5. The maximum Gasteiger partial charge on any atom is 0.252 e. The first-order valence-electron chi connectivity index (χ1n) is 8.11. The third-order valence-corrected chi connectivity index (χ3v) is 4.11. The molecule has 0 amide bonds. The second-order valence-corrected chi connectivity index (χ2v) is 6.28.